The molecule has 0 N–H and O–H groups in total. The highest BCUT2D eigenvalue weighted by molar-refractivity contribution is 7.88. The lowest BCUT2D eigenvalue weighted by Gasteiger charge is -2.20. The van der Waals surface area contributed by atoms with Gasteiger partial charge in [0.25, 0.3) is 0 Å². The maximum atomic E-state index is 12.1. The van der Waals surface area contributed by atoms with E-state index in [1.54, 1.807) is 20.3 Å². The molecule has 0 radical (unpaired) electrons. The van der Waals surface area contributed by atoms with Crippen LogP contribution >= 0.6 is 0 Å². The lowest BCUT2D eigenvalue weighted by atomic mass is 9.90. The average molecular weight is 347 g/mol. The van der Waals surface area contributed by atoms with Crippen molar-refractivity contribution in [1.82, 2.24) is 14.3 Å². The zero-order chi connectivity index (χ0) is 18.1. The first-order chi connectivity index (χ1) is 11.0. The van der Waals surface area contributed by atoms with E-state index in [-0.39, 0.29) is 11.2 Å². The maximum absolute atomic E-state index is 12.1. The summed E-state index contributed by atoms with van der Waals surface area (Å²) >= 11 is 0. The summed E-state index contributed by atoms with van der Waals surface area (Å²) in [6.45, 7) is 8.27. The standard InChI is InChI=1S/C18H25N3O2S/c1-13-17(18(2,3)4)20-16(11-19-13)15-9-7-8-14(10-15)12-24(22,23)21(5)6/h7-11H,12H2,1-6H3. The first-order valence-electron chi connectivity index (χ1n) is 7.84. The van der Waals surface area contributed by atoms with Crippen LogP contribution in [0.2, 0.25) is 0 Å². The fourth-order valence-electron chi connectivity index (χ4n) is 2.46. The molecule has 0 amide bonds. The fourth-order valence-corrected chi connectivity index (χ4v) is 3.32. The number of aromatic nitrogens is 2. The van der Waals surface area contributed by atoms with Crippen molar-refractivity contribution in [3.8, 4) is 11.3 Å². The molecule has 24 heavy (non-hydrogen) atoms. The van der Waals surface area contributed by atoms with Crippen molar-refractivity contribution in [2.45, 2.75) is 38.9 Å². The van der Waals surface area contributed by atoms with Gasteiger partial charge in [-0.2, -0.15) is 0 Å². The minimum atomic E-state index is -3.29. The lowest BCUT2D eigenvalue weighted by molar-refractivity contribution is 0.520. The quantitative estimate of drug-likeness (QED) is 0.852. The molecule has 0 fully saturated rings. The van der Waals surface area contributed by atoms with E-state index in [0.717, 1.165) is 28.2 Å². The zero-order valence-electron chi connectivity index (χ0n) is 15.2. The predicted octanol–water partition coefficient (Wildman–Crippen LogP) is 3.14. The largest absolute Gasteiger partial charge is 0.257 e. The molecule has 6 heteroatoms. The molecule has 2 aromatic rings. The van der Waals surface area contributed by atoms with Gasteiger partial charge in [0.15, 0.2) is 0 Å². The Morgan fingerprint density at radius 1 is 1.17 bits per heavy atom. The van der Waals surface area contributed by atoms with Gasteiger partial charge in [-0.1, -0.05) is 39.0 Å². The molecule has 0 unspecified atom stereocenters. The van der Waals surface area contributed by atoms with Gasteiger partial charge < -0.3 is 0 Å². The lowest BCUT2D eigenvalue weighted by Crippen LogP contribution is -2.23. The van der Waals surface area contributed by atoms with E-state index in [2.05, 4.69) is 25.8 Å². The molecule has 2 rings (SSSR count). The highest BCUT2D eigenvalue weighted by Crippen LogP contribution is 2.26. The summed E-state index contributed by atoms with van der Waals surface area (Å²) in [4.78, 5) is 9.23. The van der Waals surface area contributed by atoms with Crippen molar-refractivity contribution in [1.29, 1.82) is 0 Å². The molecule has 1 aromatic heterocycles. The van der Waals surface area contributed by atoms with Crippen LogP contribution in [0.3, 0.4) is 0 Å². The first kappa shape index (κ1) is 18.5. The highest BCUT2D eigenvalue weighted by Gasteiger charge is 2.20. The van der Waals surface area contributed by atoms with E-state index in [4.69, 9.17) is 4.98 Å². The van der Waals surface area contributed by atoms with Crippen molar-refractivity contribution in [2.75, 3.05) is 14.1 Å². The van der Waals surface area contributed by atoms with Crippen molar-refractivity contribution in [2.24, 2.45) is 0 Å². The molecule has 130 valence electrons. The minimum absolute atomic E-state index is 0.0285. The average Bonchev–Trinajstić information content (AvgIpc) is 2.46. The van der Waals surface area contributed by atoms with E-state index in [1.807, 2.05) is 31.2 Å². The molecule has 0 aliphatic heterocycles. The van der Waals surface area contributed by atoms with Crippen LogP contribution in [0.25, 0.3) is 11.3 Å². The monoisotopic (exact) mass is 347 g/mol. The van der Waals surface area contributed by atoms with Crippen molar-refractivity contribution >= 4 is 10.0 Å². The summed E-state index contributed by atoms with van der Waals surface area (Å²) < 4.78 is 25.4. The molecular weight excluding hydrogens is 322 g/mol. The Kier molecular flexibility index (Phi) is 5.11. The Labute approximate surface area is 144 Å². The van der Waals surface area contributed by atoms with Gasteiger partial charge in [-0.3, -0.25) is 4.98 Å². The van der Waals surface area contributed by atoms with Gasteiger partial charge in [0.05, 0.1) is 29.0 Å². The van der Waals surface area contributed by atoms with Gasteiger partial charge in [-0.15, -0.1) is 0 Å². The Morgan fingerprint density at radius 3 is 2.42 bits per heavy atom. The van der Waals surface area contributed by atoms with Crippen LogP contribution in [0, 0.1) is 6.92 Å². The normalized spacial score (nSPS) is 12.6. The van der Waals surface area contributed by atoms with E-state index < -0.39 is 10.0 Å². The van der Waals surface area contributed by atoms with Crippen LogP contribution in [0.5, 0.6) is 0 Å². The van der Waals surface area contributed by atoms with Gasteiger partial charge in [0.1, 0.15) is 0 Å². The Bertz CT molecular complexity index is 838. The van der Waals surface area contributed by atoms with E-state index in [1.165, 1.54) is 4.31 Å². The third kappa shape index (κ3) is 4.19. The fraction of sp³-hybridized carbons (Fsp3) is 0.444. The summed E-state index contributed by atoms with van der Waals surface area (Å²) in [6, 6.07) is 7.47. The van der Waals surface area contributed by atoms with Crippen LogP contribution < -0.4 is 0 Å². The summed E-state index contributed by atoms with van der Waals surface area (Å²) in [7, 11) is -0.207. The van der Waals surface area contributed by atoms with Crippen molar-refractivity contribution < 1.29 is 8.42 Å². The molecule has 0 spiro atoms. The molecule has 0 saturated heterocycles. The number of nitrogens with zero attached hydrogens (tertiary/aromatic N) is 3. The number of rotatable bonds is 4. The smallest absolute Gasteiger partial charge is 0.217 e. The second-order valence-corrected chi connectivity index (χ2v) is 9.36. The van der Waals surface area contributed by atoms with Crippen molar-refractivity contribution in [3.05, 3.63) is 47.4 Å². The first-order valence-corrected chi connectivity index (χ1v) is 9.45. The topological polar surface area (TPSA) is 63.2 Å². The Morgan fingerprint density at radius 2 is 1.83 bits per heavy atom. The summed E-state index contributed by atoms with van der Waals surface area (Å²) in [5, 5.41) is 0. The Hall–Kier alpha value is -1.79. The van der Waals surface area contributed by atoms with Crippen LogP contribution in [-0.4, -0.2) is 36.8 Å². The molecule has 0 saturated carbocycles. The predicted molar refractivity (Wildman–Crippen MR) is 97.2 cm³/mol. The number of sulfonamides is 1. The molecule has 5 nitrogen and oxygen atoms in total. The van der Waals surface area contributed by atoms with Gasteiger partial charge in [-0.25, -0.2) is 17.7 Å². The second-order valence-electron chi connectivity index (χ2n) is 7.18. The SMILES string of the molecule is Cc1ncc(-c2cccc(CS(=O)(=O)N(C)C)c2)nc1C(C)(C)C. The number of benzene rings is 1. The van der Waals surface area contributed by atoms with E-state index in [0.29, 0.717) is 0 Å². The second kappa shape index (κ2) is 6.61. The van der Waals surface area contributed by atoms with E-state index in [9.17, 15) is 8.42 Å². The highest BCUT2D eigenvalue weighted by atomic mass is 32.2. The molecule has 0 aliphatic carbocycles. The zero-order valence-corrected chi connectivity index (χ0v) is 16.0. The van der Waals surface area contributed by atoms with Gasteiger partial charge in [0.2, 0.25) is 10.0 Å². The third-order valence-electron chi connectivity index (χ3n) is 3.79. The van der Waals surface area contributed by atoms with Gasteiger partial charge in [0, 0.05) is 25.1 Å². The minimum Gasteiger partial charge on any atom is -0.257 e. The van der Waals surface area contributed by atoms with E-state index >= 15 is 0 Å². The van der Waals surface area contributed by atoms with Crippen molar-refractivity contribution in [3.63, 3.8) is 0 Å². The van der Waals surface area contributed by atoms with Crippen LogP contribution in [-0.2, 0) is 21.2 Å². The number of aryl methyl sites for hydroxylation is 1. The molecular formula is C18H25N3O2S. The van der Waals surface area contributed by atoms with Gasteiger partial charge >= 0.3 is 0 Å². The van der Waals surface area contributed by atoms with Crippen LogP contribution in [0.4, 0.5) is 0 Å². The summed E-state index contributed by atoms with van der Waals surface area (Å²) in [5.74, 6) is -0.0285. The molecule has 0 bridgehead atoms. The molecule has 1 heterocycles. The van der Waals surface area contributed by atoms with Gasteiger partial charge in [-0.05, 0) is 18.6 Å². The molecule has 0 aliphatic rings. The summed E-state index contributed by atoms with van der Waals surface area (Å²) in [5.41, 5.74) is 4.14. The molecule has 1 aromatic carbocycles. The molecule has 0 atom stereocenters. The van der Waals surface area contributed by atoms with Crippen LogP contribution in [0.15, 0.2) is 30.5 Å². The Balaban J connectivity index is 2.43. The number of hydrogen-bond acceptors (Lipinski definition) is 4. The summed E-state index contributed by atoms with van der Waals surface area (Å²) in [6.07, 6.45) is 1.74. The number of hydrogen-bond donors (Lipinski definition) is 0. The third-order valence-corrected chi connectivity index (χ3v) is 5.60. The maximum Gasteiger partial charge on any atom is 0.217 e. The van der Waals surface area contributed by atoms with Crippen LogP contribution in [0.1, 0.15) is 37.7 Å².